The molecule has 0 spiro atoms. The Hall–Kier alpha value is -0.620. The van der Waals surface area contributed by atoms with E-state index in [9.17, 15) is 13.2 Å². The molecule has 1 aliphatic heterocycles. The lowest BCUT2D eigenvalue weighted by Crippen LogP contribution is -2.31. The fourth-order valence-corrected chi connectivity index (χ4v) is 3.65. The van der Waals surface area contributed by atoms with E-state index in [0.717, 1.165) is 6.42 Å². The summed E-state index contributed by atoms with van der Waals surface area (Å²) < 4.78 is 25.0. The lowest BCUT2D eigenvalue weighted by atomic mass is 10.1. The van der Waals surface area contributed by atoms with E-state index in [4.69, 9.17) is 5.11 Å². The van der Waals surface area contributed by atoms with Crippen molar-refractivity contribution in [2.45, 2.75) is 32.6 Å². The second-order valence-corrected chi connectivity index (χ2v) is 6.37. The van der Waals surface area contributed by atoms with Crippen molar-refractivity contribution in [3.05, 3.63) is 0 Å². The van der Waals surface area contributed by atoms with Crippen molar-refractivity contribution < 1.29 is 18.3 Å². The van der Waals surface area contributed by atoms with Gasteiger partial charge in [0.25, 0.3) is 0 Å². The summed E-state index contributed by atoms with van der Waals surface area (Å²) in [5.74, 6) is -0.685. The molecule has 0 aliphatic carbocycles. The zero-order chi connectivity index (χ0) is 12.2. The molecule has 1 heterocycles. The molecule has 0 saturated carbocycles. The van der Waals surface area contributed by atoms with Gasteiger partial charge >= 0.3 is 5.97 Å². The highest BCUT2D eigenvalue weighted by atomic mass is 32.2. The first-order valence-corrected chi connectivity index (χ1v) is 7.26. The second kappa shape index (κ2) is 5.63. The molecule has 0 bridgehead atoms. The maximum Gasteiger partial charge on any atom is 0.303 e. The molecule has 1 rings (SSSR count). The molecule has 5 nitrogen and oxygen atoms in total. The highest BCUT2D eigenvalue weighted by Crippen LogP contribution is 2.22. The van der Waals surface area contributed by atoms with Crippen LogP contribution in [0.15, 0.2) is 0 Å². The average Bonchev–Trinajstić information content (AvgIpc) is 2.63. The predicted octanol–water partition coefficient (Wildman–Crippen LogP) is 0.913. The van der Waals surface area contributed by atoms with Gasteiger partial charge in [0.15, 0.2) is 0 Å². The SMILES string of the molecule is CCCCS(=O)(=O)N1CCC(CC(=O)O)C1. The van der Waals surface area contributed by atoms with Gasteiger partial charge in [0.05, 0.1) is 5.75 Å². The number of hydrogen-bond donors (Lipinski definition) is 1. The summed E-state index contributed by atoms with van der Waals surface area (Å²) in [6, 6.07) is 0. The highest BCUT2D eigenvalue weighted by Gasteiger charge is 2.31. The summed E-state index contributed by atoms with van der Waals surface area (Å²) in [7, 11) is -3.15. The topological polar surface area (TPSA) is 74.7 Å². The summed E-state index contributed by atoms with van der Waals surface area (Å²) in [6.45, 7) is 2.80. The minimum absolute atomic E-state index is 0.0195. The van der Waals surface area contributed by atoms with Crippen molar-refractivity contribution in [3.8, 4) is 0 Å². The van der Waals surface area contributed by atoms with Crippen LogP contribution < -0.4 is 0 Å². The third-order valence-electron chi connectivity index (χ3n) is 2.86. The minimum Gasteiger partial charge on any atom is -0.481 e. The molecule has 6 heteroatoms. The number of hydrogen-bond acceptors (Lipinski definition) is 3. The van der Waals surface area contributed by atoms with E-state index in [1.807, 2.05) is 6.92 Å². The first-order valence-electron chi connectivity index (χ1n) is 5.65. The molecule has 16 heavy (non-hydrogen) atoms. The van der Waals surface area contributed by atoms with Crippen LogP contribution in [0.1, 0.15) is 32.6 Å². The monoisotopic (exact) mass is 249 g/mol. The third kappa shape index (κ3) is 3.75. The summed E-state index contributed by atoms with van der Waals surface area (Å²) >= 11 is 0. The van der Waals surface area contributed by atoms with E-state index in [0.29, 0.717) is 25.9 Å². The molecular formula is C10H19NO4S. The van der Waals surface area contributed by atoms with Crippen LogP contribution >= 0.6 is 0 Å². The van der Waals surface area contributed by atoms with Crippen LogP contribution in [0.5, 0.6) is 0 Å². The van der Waals surface area contributed by atoms with Crippen molar-refractivity contribution in [3.63, 3.8) is 0 Å². The zero-order valence-electron chi connectivity index (χ0n) is 9.55. The number of nitrogens with zero attached hydrogens (tertiary/aromatic N) is 1. The molecule has 0 aromatic carbocycles. The van der Waals surface area contributed by atoms with E-state index in [1.165, 1.54) is 4.31 Å². The van der Waals surface area contributed by atoms with Gasteiger partial charge in [-0.3, -0.25) is 4.79 Å². The molecule has 0 radical (unpaired) electrons. The molecule has 94 valence electrons. The summed E-state index contributed by atoms with van der Waals surface area (Å²) in [6.07, 6.45) is 2.26. The van der Waals surface area contributed by atoms with Crippen LogP contribution in [0.25, 0.3) is 0 Å². The molecule has 0 amide bonds. The van der Waals surface area contributed by atoms with Gasteiger partial charge in [-0.1, -0.05) is 13.3 Å². The van der Waals surface area contributed by atoms with Gasteiger partial charge in [-0.2, -0.15) is 0 Å². The van der Waals surface area contributed by atoms with Crippen molar-refractivity contribution in [2.75, 3.05) is 18.8 Å². The molecule has 1 N–H and O–H groups in total. The van der Waals surface area contributed by atoms with Crippen LogP contribution in [0.4, 0.5) is 0 Å². The van der Waals surface area contributed by atoms with Gasteiger partial charge in [-0.25, -0.2) is 12.7 Å². The van der Waals surface area contributed by atoms with Crippen LogP contribution in [-0.2, 0) is 14.8 Å². The van der Waals surface area contributed by atoms with Gasteiger partial charge in [0, 0.05) is 19.5 Å². The van der Waals surface area contributed by atoms with Gasteiger partial charge < -0.3 is 5.11 Å². The van der Waals surface area contributed by atoms with Gasteiger partial charge in [-0.05, 0) is 18.8 Å². The first-order chi connectivity index (χ1) is 7.45. The fourth-order valence-electron chi connectivity index (χ4n) is 1.92. The quantitative estimate of drug-likeness (QED) is 0.759. The Balaban J connectivity index is 2.48. The van der Waals surface area contributed by atoms with E-state index in [1.54, 1.807) is 0 Å². The van der Waals surface area contributed by atoms with Crippen molar-refractivity contribution in [1.29, 1.82) is 0 Å². The van der Waals surface area contributed by atoms with E-state index >= 15 is 0 Å². The normalized spacial score (nSPS) is 22.4. The zero-order valence-corrected chi connectivity index (χ0v) is 10.4. The van der Waals surface area contributed by atoms with E-state index in [-0.39, 0.29) is 18.1 Å². The predicted molar refractivity (Wildman–Crippen MR) is 60.6 cm³/mol. The number of unbranched alkanes of at least 4 members (excludes halogenated alkanes) is 1. The first kappa shape index (κ1) is 13.4. The van der Waals surface area contributed by atoms with Crippen molar-refractivity contribution >= 4 is 16.0 Å². The molecule has 0 aromatic rings. The van der Waals surface area contributed by atoms with Crippen LogP contribution in [0.2, 0.25) is 0 Å². The standard InChI is InChI=1S/C10H19NO4S/c1-2-3-6-16(14,15)11-5-4-9(8-11)7-10(12)13/h9H,2-8H2,1H3,(H,12,13). The summed E-state index contributed by atoms with van der Waals surface area (Å²) in [5.41, 5.74) is 0. The van der Waals surface area contributed by atoms with Crippen LogP contribution in [0, 0.1) is 5.92 Å². The molecule has 1 saturated heterocycles. The Bertz CT molecular complexity index is 339. The Kier molecular flexibility index (Phi) is 4.73. The highest BCUT2D eigenvalue weighted by molar-refractivity contribution is 7.89. The number of aliphatic carboxylic acids is 1. The summed E-state index contributed by atoms with van der Waals surface area (Å²) in [4.78, 5) is 10.5. The van der Waals surface area contributed by atoms with E-state index in [2.05, 4.69) is 0 Å². The maximum absolute atomic E-state index is 11.8. The molecule has 1 aliphatic rings. The van der Waals surface area contributed by atoms with E-state index < -0.39 is 16.0 Å². The van der Waals surface area contributed by atoms with Gasteiger partial charge in [0.1, 0.15) is 0 Å². The largest absolute Gasteiger partial charge is 0.481 e. The molecule has 1 atom stereocenters. The lowest BCUT2D eigenvalue weighted by Gasteiger charge is -2.15. The van der Waals surface area contributed by atoms with Gasteiger partial charge in [0.2, 0.25) is 10.0 Å². The number of carbonyl (C=O) groups is 1. The molecule has 1 unspecified atom stereocenters. The average molecular weight is 249 g/mol. The number of sulfonamides is 1. The van der Waals surface area contributed by atoms with Crippen LogP contribution in [0.3, 0.4) is 0 Å². The molecule has 0 aromatic heterocycles. The number of carboxylic acids is 1. The molecule has 1 fully saturated rings. The Morgan fingerprint density at radius 3 is 2.75 bits per heavy atom. The number of carboxylic acid groups (broad SMARTS) is 1. The third-order valence-corrected chi connectivity index (χ3v) is 4.78. The molecular weight excluding hydrogens is 230 g/mol. The van der Waals surface area contributed by atoms with Crippen molar-refractivity contribution in [2.24, 2.45) is 5.92 Å². The minimum atomic E-state index is -3.15. The van der Waals surface area contributed by atoms with Gasteiger partial charge in [-0.15, -0.1) is 0 Å². The second-order valence-electron chi connectivity index (χ2n) is 4.28. The number of rotatable bonds is 6. The summed E-state index contributed by atoms with van der Waals surface area (Å²) in [5, 5.41) is 8.64. The smallest absolute Gasteiger partial charge is 0.303 e. The Morgan fingerprint density at radius 2 is 2.19 bits per heavy atom. The van der Waals surface area contributed by atoms with Crippen LogP contribution in [-0.4, -0.2) is 42.6 Å². The van der Waals surface area contributed by atoms with Crippen molar-refractivity contribution in [1.82, 2.24) is 4.31 Å². The lowest BCUT2D eigenvalue weighted by molar-refractivity contribution is -0.137. The Morgan fingerprint density at radius 1 is 1.50 bits per heavy atom. The maximum atomic E-state index is 11.8. The fraction of sp³-hybridized carbons (Fsp3) is 0.900. The Labute approximate surface area is 96.5 Å².